The molecule has 0 fully saturated rings. The van der Waals surface area contributed by atoms with Crippen molar-refractivity contribution in [2.24, 2.45) is 10.7 Å². The zero-order valence-electron chi connectivity index (χ0n) is 11.3. The fourth-order valence-electron chi connectivity index (χ4n) is 2.37. The highest BCUT2D eigenvalue weighted by Crippen LogP contribution is 2.38. The lowest BCUT2D eigenvalue weighted by molar-refractivity contribution is -0.384. The molecule has 6 nitrogen and oxygen atoms in total. The van der Waals surface area contributed by atoms with Gasteiger partial charge in [-0.1, -0.05) is 18.2 Å². The summed E-state index contributed by atoms with van der Waals surface area (Å²) in [6.45, 7) is 0.632. The SMILES string of the molecule is NC1=Nc2ccc([N+](=O)[O-])cc2N(c2ccccc2)CC1. The number of fused-ring (bicyclic) bond motifs is 1. The number of hydrogen-bond acceptors (Lipinski definition) is 5. The zero-order chi connectivity index (χ0) is 14.8. The Bertz CT molecular complexity index is 713. The van der Waals surface area contributed by atoms with Crippen LogP contribution >= 0.6 is 0 Å². The molecule has 2 aromatic rings. The zero-order valence-corrected chi connectivity index (χ0v) is 11.3. The number of nitro benzene ring substituents is 1. The summed E-state index contributed by atoms with van der Waals surface area (Å²) in [5, 5.41) is 11.0. The molecule has 0 saturated carbocycles. The Morgan fingerprint density at radius 2 is 1.95 bits per heavy atom. The van der Waals surface area contributed by atoms with Gasteiger partial charge in [0.15, 0.2) is 0 Å². The molecular weight excluding hydrogens is 268 g/mol. The summed E-state index contributed by atoms with van der Waals surface area (Å²) < 4.78 is 0. The molecule has 0 unspecified atom stereocenters. The normalized spacial score (nSPS) is 14.1. The van der Waals surface area contributed by atoms with Gasteiger partial charge in [0.25, 0.3) is 5.69 Å². The molecule has 0 aliphatic carbocycles. The molecule has 6 heteroatoms. The van der Waals surface area contributed by atoms with E-state index in [1.807, 2.05) is 35.2 Å². The molecule has 1 aliphatic heterocycles. The molecule has 0 radical (unpaired) electrons. The summed E-state index contributed by atoms with van der Waals surface area (Å²) in [5.74, 6) is 0.531. The van der Waals surface area contributed by atoms with E-state index < -0.39 is 4.92 Å². The second kappa shape index (κ2) is 5.24. The maximum absolute atomic E-state index is 11.0. The van der Waals surface area contributed by atoms with Crippen molar-refractivity contribution in [2.45, 2.75) is 6.42 Å². The smallest absolute Gasteiger partial charge is 0.271 e. The Morgan fingerprint density at radius 3 is 2.67 bits per heavy atom. The van der Waals surface area contributed by atoms with Gasteiger partial charge in [-0.15, -0.1) is 0 Å². The van der Waals surface area contributed by atoms with E-state index in [1.54, 1.807) is 12.1 Å². The fourth-order valence-corrected chi connectivity index (χ4v) is 2.37. The number of nitrogens with zero attached hydrogens (tertiary/aromatic N) is 3. The van der Waals surface area contributed by atoms with Crippen molar-refractivity contribution in [3.8, 4) is 0 Å². The average molecular weight is 282 g/mol. The number of hydrogen-bond donors (Lipinski definition) is 1. The first-order valence-electron chi connectivity index (χ1n) is 6.59. The molecular formula is C15H14N4O2. The third kappa shape index (κ3) is 2.55. The van der Waals surface area contributed by atoms with Crippen LogP contribution in [0, 0.1) is 10.1 Å². The second-order valence-corrected chi connectivity index (χ2v) is 4.77. The van der Waals surface area contributed by atoms with Crippen LogP contribution in [0.25, 0.3) is 0 Å². The van der Waals surface area contributed by atoms with Crippen molar-refractivity contribution >= 4 is 28.6 Å². The van der Waals surface area contributed by atoms with E-state index >= 15 is 0 Å². The van der Waals surface area contributed by atoms with E-state index in [4.69, 9.17) is 5.73 Å². The van der Waals surface area contributed by atoms with Crippen LogP contribution in [0.15, 0.2) is 53.5 Å². The minimum absolute atomic E-state index is 0.0466. The predicted octanol–water partition coefficient (Wildman–Crippen LogP) is 3.13. The quantitative estimate of drug-likeness (QED) is 0.677. The first kappa shape index (κ1) is 13.1. The molecule has 106 valence electrons. The molecule has 0 spiro atoms. The van der Waals surface area contributed by atoms with Gasteiger partial charge in [-0.2, -0.15) is 0 Å². The third-order valence-corrected chi connectivity index (χ3v) is 3.38. The Labute approximate surface area is 121 Å². The van der Waals surface area contributed by atoms with Crippen molar-refractivity contribution in [2.75, 3.05) is 11.4 Å². The molecule has 0 aromatic heterocycles. The van der Waals surface area contributed by atoms with Crippen molar-refractivity contribution in [1.82, 2.24) is 0 Å². The van der Waals surface area contributed by atoms with Crippen LogP contribution in [0.5, 0.6) is 0 Å². The number of anilines is 2. The maximum atomic E-state index is 11.0. The molecule has 0 amide bonds. The van der Waals surface area contributed by atoms with Gasteiger partial charge in [0.05, 0.1) is 16.3 Å². The van der Waals surface area contributed by atoms with Crippen molar-refractivity contribution in [1.29, 1.82) is 0 Å². The highest BCUT2D eigenvalue weighted by atomic mass is 16.6. The minimum atomic E-state index is -0.401. The lowest BCUT2D eigenvalue weighted by Gasteiger charge is -2.24. The number of nitro groups is 1. The van der Waals surface area contributed by atoms with E-state index in [0.717, 1.165) is 5.69 Å². The number of para-hydroxylation sites is 1. The van der Waals surface area contributed by atoms with E-state index in [9.17, 15) is 10.1 Å². The third-order valence-electron chi connectivity index (χ3n) is 3.38. The second-order valence-electron chi connectivity index (χ2n) is 4.77. The highest BCUT2D eigenvalue weighted by Gasteiger charge is 2.20. The molecule has 0 bridgehead atoms. The average Bonchev–Trinajstić information content (AvgIpc) is 2.65. The number of non-ortho nitro benzene ring substituents is 1. The van der Waals surface area contributed by atoms with Crippen LogP contribution in [-0.4, -0.2) is 17.3 Å². The van der Waals surface area contributed by atoms with Gasteiger partial charge in [0.2, 0.25) is 0 Å². The summed E-state index contributed by atoms with van der Waals surface area (Å²) in [4.78, 5) is 17.0. The minimum Gasteiger partial charge on any atom is -0.387 e. The van der Waals surface area contributed by atoms with Crippen molar-refractivity contribution in [3.05, 3.63) is 58.6 Å². The van der Waals surface area contributed by atoms with Crippen LogP contribution < -0.4 is 10.6 Å². The molecule has 0 atom stereocenters. The summed E-state index contributed by atoms with van der Waals surface area (Å²) in [7, 11) is 0. The van der Waals surface area contributed by atoms with E-state index in [-0.39, 0.29) is 5.69 Å². The van der Waals surface area contributed by atoms with Crippen LogP contribution in [0.3, 0.4) is 0 Å². The molecule has 21 heavy (non-hydrogen) atoms. The number of benzene rings is 2. The Balaban J connectivity index is 2.14. The van der Waals surface area contributed by atoms with Crippen LogP contribution in [0.2, 0.25) is 0 Å². The Morgan fingerprint density at radius 1 is 1.19 bits per heavy atom. The summed E-state index contributed by atoms with van der Waals surface area (Å²) in [6.07, 6.45) is 0.609. The van der Waals surface area contributed by atoms with Crippen molar-refractivity contribution in [3.63, 3.8) is 0 Å². The molecule has 2 aromatic carbocycles. The van der Waals surface area contributed by atoms with Gasteiger partial charge in [-0.3, -0.25) is 10.1 Å². The highest BCUT2D eigenvalue weighted by molar-refractivity contribution is 5.90. The van der Waals surface area contributed by atoms with E-state index in [1.165, 1.54) is 6.07 Å². The first-order chi connectivity index (χ1) is 10.1. The molecule has 1 heterocycles. The van der Waals surface area contributed by atoms with Gasteiger partial charge < -0.3 is 10.6 Å². The number of aliphatic imine (C=N–C) groups is 1. The van der Waals surface area contributed by atoms with E-state index in [2.05, 4.69) is 4.99 Å². The van der Waals surface area contributed by atoms with Crippen LogP contribution in [0.4, 0.5) is 22.7 Å². The monoisotopic (exact) mass is 282 g/mol. The molecule has 1 aliphatic rings. The predicted molar refractivity (Wildman–Crippen MR) is 82.4 cm³/mol. The lowest BCUT2D eigenvalue weighted by atomic mass is 10.2. The van der Waals surface area contributed by atoms with Crippen LogP contribution in [0.1, 0.15) is 6.42 Å². The standard InChI is InChI=1S/C15H14N4O2/c16-15-8-9-18(11-4-2-1-3-5-11)14-10-12(19(20)21)6-7-13(14)17-15/h1-7,10H,8-9H2,(H2,16,17). The first-order valence-corrected chi connectivity index (χ1v) is 6.59. The maximum Gasteiger partial charge on any atom is 0.271 e. The summed E-state index contributed by atoms with van der Waals surface area (Å²) in [5.41, 5.74) is 8.24. The van der Waals surface area contributed by atoms with Crippen molar-refractivity contribution < 1.29 is 4.92 Å². The Kier molecular flexibility index (Phi) is 3.27. The van der Waals surface area contributed by atoms with Gasteiger partial charge in [-0.25, -0.2) is 4.99 Å². The number of rotatable bonds is 2. The van der Waals surface area contributed by atoms with Gasteiger partial charge in [0.1, 0.15) is 5.84 Å². The topological polar surface area (TPSA) is 84.8 Å². The van der Waals surface area contributed by atoms with Crippen LogP contribution in [-0.2, 0) is 0 Å². The number of amidine groups is 1. The molecule has 2 N–H and O–H groups in total. The summed E-state index contributed by atoms with van der Waals surface area (Å²) >= 11 is 0. The molecule has 3 rings (SSSR count). The summed E-state index contributed by atoms with van der Waals surface area (Å²) in [6, 6.07) is 14.4. The largest absolute Gasteiger partial charge is 0.387 e. The number of nitrogens with two attached hydrogens (primary N) is 1. The molecule has 0 saturated heterocycles. The Hall–Kier alpha value is -2.89. The van der Waals surface area contributed by atoms with E-state index in [0.29, 0.717) is 30.2 Å². The van der Waals surface area contributed by atoms with Gasteiger partial charge in [-0.05, 0) is 18.2 Å². The van der Waals surface area contributed by atoms with Gasteiger partial charge >= 0.3 is 0 Å². The lowest BCUT2D eigenvalue weighted by Crippen LogP contribution is -2.21. The van der Waals surface area contributed by atoms with Gasteiger partial charge in [0, 0.05) is 30.8 Å². The fraction of sp³-hybridized carbons (Fsp3) is 0.133.